The van der Waals surface area contributed by atoms with Gasteiger partial charge >= 0.3 is 6.09 Å². The third kappa shape index (κ3) is 7.61. The van der Waals surface area contributed by atoms with Crippen LogP contribution in [-0.2, 0) is 16.0 Å². The number of carbonyl (C=O) groups excluding carboxylic acids is 2. The van der Waals surface area contributed by atoms with Crippen LogP contribution in [-0.4, -0.2) is 23.6 Å². The molecule has 0 spiro atoms. The van der Waals surface area contributed by atoms with Crippen molar-refractivity contribution in [3.05, 3.63) is 63.6 Å². The highest BCUT2D eigenvalue weighted by molar-refractivity contribution is 9.10. The fourth-order valence-electron chi connectivity index (χ4n) is 2.32. The van der Waals surface area contributed by atoms with Crippen LogP contribution < -0.4 is 10.6 Å². The molecule has 5 nitrogen and oxygen atoms in total. The molecule has 1 unspecified atom stereocenters. The van der Waals surface area contributed by atoms with Crippen molar-refractivity contribution in [1.82, 2.24) is 5.32 Å². The number of alkyl carbamates (subject to hydrolysis) is 1. The predicted octanol–water partition coefficient (Wildman–Crippen LogP) is 5.18. The number of hydrogen-bond acceptors (Lipinski definition) is 3. The van der Waals surface area contributed by atoms with Gasteiger partial charge in [-0.25, -0.2) is 4.79 Å². The maximum Gasteiger partial charge on any atom is 0.408 e. The van der Waals surface area contributed by atoms with Crippen molar-refractivity contribution in [2.45, 2.75) is 38.8 Å². The first-order chi connectivity index (χ1) is 12.6. The van der Waals surface area contributed by atoms with E-state index in [4.69, 9.17) is 16.3 Å². The van der Waals surface area contributed by atoms with E-state index < -0.39 is 17.7 Å². The van der Waals surface area contributed by atoms with Crippen LogP contribution >= 0.6 is 27.5 Å². The number of carbonyl (C=O) groups is 2. The maximum absolute atomic E-state index is 12.8. The number of ether oxygens (including phenoxy) is 1. The second-order valence-electron chi connectivity index (χ2n) is 7.03. The molecule has 0 fully saturated rings. The van der Waals surface area contributed by atoms with Gasteiger partial charge in [-0.1, -0.05) is 39.7 Å². The van der Waals surface area contributed by atoms with Crippen molar-refractivity contribution in [2.24, 2.45) is 0 Å². The predicted molar refractivity (Wildman–Crippen MR) is 111 cm³/mol. The molecule has 2 aromatic carbocycles. The summed E-state index contributed by atoms with van der Waals surface area (Å²) in [4.78, 5) is 24.9. The van der Waals surface area contributed by atoms with Crippen LogP contribution in [0.1, 0.15) is 26.3 Å². The minimum absolute atomic E-state index is 0.318. The van der Waals surface area contributed by atoms with E-state index in [0.717, 1.165) is 10.0 Å². The highest BCUT2D eigenvalue weighted by Crippen LogP contribution is 2.16. The smallest absolute Gasteiger partial charge is 0.408 e. The third-order valence-corrected chi connectivity index (χ3v) is 4.19. The Hall–Kier alpha value is -2.05. The summed E-state index contributed by atoms with van der Waals surface area (Å²) in [5, 5.41) is 6.03. The van der Waals surface area contributed by atoms with E-state index in [1.165, 1.54) is 0 Å². The lowest BCUT2D eigenvalue weighted by Crippen LogP contribution is -2.47. The molecule has 27 heavy (non-hydrogen) atoms. The number of amides is 2. The highest BCUT2D eigenvalue weighted by atomic mass is 79.9. The highest BCUT2D eigenvalue weighted by Gasteiger charge is 2.25. The number of halogens is 2. The van der Waals surface area contributed by atoms with Crippen molar-refractivity contribution in [3.8, 4) is 0 Å². The minimum Gasteiger partial charge on any atom is -0.444 e. The Kier molecular flexibility index (Phi) is 7.27. The van der Waals surface area contributed by atoms with Gasteiger partial charge in [0.15, 0.2) is 0 Å². The molecule has 0 heterocycles. The van der Waals surface area contributed by atoms with Crippen LogP contribution in [0.4, 0.5) is 10.5 Å². The Labute approximate surface area is 172 Å². The summed E-state index contributed by atoms with van der Waals surface area (Å²) in [6.45, 7) is 5.30. The van der Waals surface area contributed by atoms with Gasteiger partial charge in [0.25, 0.3) is 0 Å². The molecule has 2 aromatic rings. The van der Waals surface area contributed by atoms with E-state index in [2.05, 4.69) is 26.6 Å². The average molecular weight is 454 g/mol. The van der Waals surface area contributed by atoms with Crippen molar-refractivity contribution in [1.29, 1.82) is 0 Å². The molecular formula is C20H22BrClN2O3. The first-order valence-electron chi connectivity index (χ1n) is 8.43. The van der Waals surface area contributed by atoms with Gasteiger partial charge in [-0.3, -0.25) is 4.79 Å². The summed E-state index contributed by atoms with van der Waals surface area (Å²) < 4.78 is 6.19. The number of anilines is 1. The second-order valence-corrected chi connectivity index (χ2v) is 8.38. The lowest BCUT2D eigenvalue weighted by molar-refractivity contribution is -0.118. The zero-order valence-corrected chi connectivity index (χ0v) is 17.7. The van der Waals surface area contributed by atoms with E-state index in [-0.39, 0.29) is 5.91 Å². The number of rotatable bonds is 5. The van der Waals surface area contributed by atoms with Crippen molar-refractivity contribution in [2.75, 3.05) is 5.32 Å². The van der Waals surface area contributed by atoms with Gasteiger partial charge < -0.3 is 15.4 Å². The molecule has 2 N–H and O–H groups in total. The minimum atomic E-state index is -0.801. The van der Waals surface area contributed by atoms with E-state index >= 15 is 0 Å². The van der Waals surface area contributed by atoms with Crippen molar-refractivity contribution < 1.29 is 14.3 Å². The molecular weight excluding hydrogens is 432 g/mol. The molecule has 0 aromatic heterocycles. The fourth-order valence-corrected chi connectivity index (χ4v) is 2.89. The van der Waals surface area contributed by atoms with Gasteiger partial charge in [0.2, 0.25) is 5.91 Å². The zero-order chi connectivity index (χ0) is 20.0. The Morgan fingerprint density at radius 3 is 2.41 bits per heavy atom. The molecule has 1 atom stereocenters. The van der Waals surface area contributed by atoms with Crippen LogP contribution in [0.5, 0.6) is 0 Å². The molecule has 2 amide bonds. The summed E-state index contributed by atoms with van der Waals surface area (Å²) in [7, 11) is 0. The monoisotopic (exact) mass is 452 g/mol. The topological polar surface area (TPSA) is 67.4 Å². The van der Waals surface area contributed by atoms with Crippen molar-refractivity contribution >= 4 is 45.2 Å². The third-order valence-electron chi connectivity index (χ3n) is 3.45. The molecule has 0 saturated heterocycles. The molecule has 0 aliphatic rings. The molecule has 0 radical (unpaired) electrons. The van der Waals surface area contributed by atoms with Gasteiger partial charge in [-0.05, 0) is 62.7 Å². The van der Waals surface area contributed by atoms with E-state index in [9.17, 15) is 9.59 Å². The number of nitrogens with one attached hydrogen (secondary N) is 2. The summed E-state index contributed by atoms with van der Waals surface area (Å²) in [6, 6.07) is 13.5. The summed E-state index contributed by atoms with van der Waals surface area (Å²) in [5.41, 5.74) is 0.836. The van der Waals surface area contributed by atoms with Crippen LogP contribution in [0.25, 0.3) is 0 Å². The molecule has 0 bridgehead atoms. The van der Waals surface area contributed by atoms with E-state index in [1.54, 1.807) is 45.0 Å². The summed E-state index contributed by atoms with van der Waals surface area (Å²) in [5.74, 6) is -0.344. The quantitative estimate of drug-likeness (QED) is 0.656. The van der Waals surface area contributed by atoms with E-state index in [0.29, 0.717) is 17.1 Å². The molecule has 0 aliphatic carbocycles. The summed E-state index contributed by atoms with van der Waals surface area (Å²) >= 11 is 9.29. The van der Waals surface area contributed by atoms with Crippen LogP contribution in [0.2, 0.25) is 5.02 Å². The summed E-state index contributed by atoms with van der Waals surface area (Å²) in [6.07, 6.45) is -0.327. The Morgan fingerprint density at radius 2 is 1.81 bits per heavy atom. The molecule has 0 aliphatic heterocycles. The van der Waals surface area contributed by atoms with Crippen LogP contribution in [0, 0.1) is 0 Å². The molecule has 2 rings (SSSR count). The molecule has 7 heteroatoms. The van der Waals surface area contributed by atoms with Crippen LogP contribution in [0.3, 0.4) is 0 Å². The normalized spacial score (nSPS) is 12.2. The maximum atomic E-state index is 12.8. The van der Waals surface area contributed by atoms with Crippen molar-refractivity contribution in [3.63, 3.8) is 0 Å². The Balaban J connectivity index is 2.15. The Morgan fingerprint density at radius 1 is 1.15 bits per heavy atom. The van der Waals surface area contributed by atoms with Gasteiger partial charge in [-0.2, -0.15) is 0 Å². The van der Waals surface area contributed by atoms with Gasteiger partial charge in [0.1, 0.15) is 11.6 Å². The second kappa shape index (κ2) is 9.24. The molecule has 0 saturated carbocycles. The number of hydrogen-bond donors (Lipinski definition) is 2. The standard InChI is InChI=1S/C20H22BrClN2O3/c1-20(2,3)27-19(26)24-17(12-13-5-4-6-14(21)11-13)18(25)23-16-9-7-15(22)8-10-16/h4-11,17H,12H2,1-3H3,(H,23,25)(H,24,26). The zero-order valence-electron chi connectivity index (χ0n) is 15.4. The average Bonchev–Trinajstić information content (AvgIpc) is 2.54. The first kappa shape index (κ1) is 21.3. The SMILES string of the molecule is CC(C)(C)OC(=O)NC(Cc1cccc(Br)c1)C(=O)Nc1ccc(Cl)cc1. The molecule has 144 valence electrons. The lowest BCUT2D eigenvalue weighted by Gasteiger charge is -2.23. The largest absolute Gasteiger partial charge is 0.444 e. The Bertz CT molecular complexity index is 804. The lowest BCUT2D eigenvalue weighted by atomic mass is 10.1. The first-order valence-corrected chi connectivity index (χ1v) is 9.60. The van der Waals surface area contributed by atoms with E-state index in [1.807, 2.05) is 24.3 Å². The van der Waals surface area contributed by atoms with Gasteiger partial charge in [-0.15, -0.1) is 0 Å². The van der Waals surface area contributed by atoms with Crippen LogP contribution in [0.15, 0.2) is 53.0 Å². The van der Waals surface area contributed by atoms with Gasteiger partial charge in [0, 0.05) is 21.6 Å². The fraction of sp³-hybridized carbons (Fsp3) is 0.300. The van der Waals surface area contributed by atoms with Gasteiger partial charge in [0.05, 0.1) is 0 Å². The number of benzene rings is 2.